The minimum atomic E-state index is 0.389. The zero-order valence-corrected chi connectivity index (χ0v) is 7.84. The van der Waals surface area contributed by atoms with Gasteiger partial charge < -0.3 is 9.64 Å². The predicted molar refractivity (Wildman–Crippen MR) is 46.7 cm³/mol. The summed E-state index contributed by atoms with van der Waals surface area (Å²) in [6, 6.07) is 0.800. The van der Waals surface area contributed by atoms with Gasteiger partial charge in [-0.15, -0.1) is 0 Å². The van der Waals surface area contributed by atoms with Gasteiger partial charge in [-0.1, -0.05) is 0 Å². The Morgan fingerprint density at radius 3 is 2.64 bits per heavy atom. The molecule has 1 unspecified atom stereocenters. The molecule has 0 N–H and O–H groups in total. The Hall–Kier alpha value is -0.0800. The van der Waals surface area contributed by atoms with Gasteiger partial charge >= 0.3 is 0 Å². The van der Waals surface area contributed by atoms with Crippen molar-refractivity contribution in [2.45, 2.75) is 38.8 Å². The normalized spacial score (nSPS) is 25.6. The van der Waals surface area contributed by atoms with Crippen molar-refractivity contribution in [2.75, 3.05) is 20.2 Å². The molecule has 1 rings (SSSR count). The minimum absolute atomic E-state index is 0.389. The summed E-state index contributed by atoms with van der Waals surface area (Å²) in [5, 5.41) is 0. The van der Waals surface area contributed by atoms with Crippen LogP contribution in [0.25, 0.3) is 0 Å². The van der Waals surface area contributed by atoms with E-state index in [0.29, 0.717) is 6.10 Å². The fourth-order valence-electron chi connectivity index (χ4n) is 1.37. The average Bonchev–Trinajstić information content (AvgIpc) is 1.94. The molecule has 0 aromatic heterocycles. The van der Waals surface area contributed by atoms with Gasteiger partial charge in [0.25, 0.3) is 0 Å². The van der Waals surface area contributed by atoms with Gasteiger partial charge in [0.2, 0.25) is 0 Å². The molecule has 1 aliphatic heterocycles. The Bertz CT molecular complexity index is 114. The number of hydrogen-bond donors (Lipinski definition) is 0. The molecule has 0 aliphatic carbocycles. The fraction of sp³-hybridized carbons (Fsp3) is 1.00. The smallest absolute Gasteiger partial charge is 0.0518 e. The predicted octanol–water partition coefficient (Wildman–Crippen LogP) is 1.51. The van der Waals surface area contributed by atoms with Crippen LogP contribution < -0.4 is 0 Å². The molecule has 0 radical (unpaired) electrons. The van der Waals surface area contributed by atoms with E-state index in [0.717, 1.165) is 12.6 Å². The highest BCUT2D eigenvalue weighted by Crippen LogP contribution is 2.17. The van der Waals surface area contributed by atoms with Crippen molar-refractivity contribution in [2.24, 2.45) is 0 Å². The highest BCUT2D eigenvalue weighted by Gasteiger charge is 2.23. The third-order valence-corrected chi connectivity index (χ3v) is 2.34. The number of rotatable bonds is 4. The fourth-order valence-corrected chi connectivity index (χ4v) is 1.37. The monoisotopic (exact) mass is 157 g/mol. The lowest BCUT2D eigenvalue weighted by atomic mass is 10.0. The van der Waals surface area contributed by atoms with Gasteiger partial charge in [0.05, 0.1) is 6.10 Å². The van der Waals surface area contributed by atoms with E-state index >= 15 is 0 Å². The Labute approximate surface area is 69.5 Å². The number of ether oxygens (including phenoxy) is 1. The lowest BCUT2D eigenvalue weighted by Gasteiger charge is -2.37. The van der Waals surface area contributed by atoms with Crippen molar-refractivity contribution in [3.8, 4) is 0 Å². The van der Waals surface area contributed by atoms with Crippen LogP contribution in [0.4, 0.5) is 0 Å². The molecule has 0 aromatic carbocycles. The molecule has 2 heteroatoms. The van der Waals surface area contributed by atoms with Gasteiger partial charge in [0, 0.05) is 12.6 Å². The molecule has 0 amide bonds. The lowest BCUT2D eigenvalue weighted by molar-refractivity contribution is 0.0376. The van der Waals surface area contributed by atoms with Crippen molar-refractivity contribution in [1.82, 2.24) is 4.90 Å². The highest BCUT2D eigenvalue weighted by atomic mass is 16.5. The van der Waals surface area contributed by atoms with E-state index in [1.807, 2.05) is 0 Å². The Morgan fingerprint density at radius 1 is 1.55 bits per heavy atom. The molecule has 0 saturated carbocycles. The van der Waals surface area contributed by atoms with Crippen LogP contribution in [-0.2, 0) is 4.74 Å². The second-order valence-electron chi connectivity index (χ2n) is 3.63. The molecule has 1 heterocycles. The standard InChI is InChI=1S/C9H19NO/c1-8(2)11-7-5-9-4-6-10(9)3/h8-9H,4-7H2,1-3H3. The maximum absolute atomic E-state index is 5.47. The molecule has 2 nitrogen and oxygen atoms in total. The van der Waals surface area contributed by atoms with Crippen LogP contribution in [0.1, 0.15) is 26.7 Å². The zero-order chi connectivity index (χ0) is 8.27. The molecule has 1 fully saturated rings. The van der Waals surface area contributed by atoms with E-state index in [9.17, 15) is 0 Å². The van der Waals surface area contributed by atoms with Crippen LogP contribution in [-0.4, -0.2) is 37.2 Å². The van der Waals surface area contributed by atoms with E-state index in [1.54, 1.807) is 0 Å². The third kappa shape index (κ3) is 2.80. The topological polar surface area (TPSA) is 12.5 Å². The number of nitrogens with zero attached hydrogens (tertiary/aromatic N) is 1. The van der Waals surface area contributed by atoms with Gasteiger partial charge in [-0.3, -0.25) is 0 Å². The van der Waals surface area contributed by atoms with E-state index in [2.05, 4.69) is 25.8 Å². The average molecular weight is 157 g/mol. The van der Waals surface area contributed by atoms with Gasteiger partial charge in [0.1, 0.15) is 0 Å². The van der Waals surface area contributed by atoms with Crippen molar-refractivity contribution in [3.05, 3.63) is 0 Å². The first-order valence-corrected chi connectivity index (χ1v) is 4.52. The van der Waals surface area contributed by atoms with Crippen molar-refractivity contribution >= 4 is 0 Å². The molecule has 1 saturated heterocycles. The molecular formula is C9H19NO. The van der Waals surface area contributed by atoms with Crippen molar-refractivity contribution in [3.63, 3.8) is 0 Å². The van der Waals surface area contributed by atoms with Crippen LogP contribution in [0.3, 0.4) is 0 Å². The summed E-state index contributed by atoms with van der Waals surface area (Å²) in [7, 11) is 2.18. The zero-order valence-electron chi connectivity index (χ0n) is 7.84. The quantitative estimate of drug-likeness (QED) is 0.613. The van der Waals surface area contributed by atoms with E-state index in [-0.39, 0.29) is 0 Å². The second kappa shape index (κ2) is 4.07. The molecule has 0 bridgehead atoms. The van der Waals surface area contributed by atoms with E-state index in [1.165, 1.54) is 19.4 Å². The van der Waals surface area contributed by atoms with Crippen molar-refractivity contribution in [1.29, 1.82) is 0 Å². The highest BCUT2D eigenvalue weighted by molar-refractivity contribution is 4.79. The summed E-state index contributed by atoms with van der Waals surface area (Å²) in [4.78, 5) is 2.39. The Balaban J connectivity index is 1.95. The molecule has 11 heavy (non-hydrogen) atoms. The lowest BCUT2D eigenvalue weighted by Crippen LogP contribution is -2.45. The summed E-state index contributed by atoms with van der Waals surface area (Å²) in [6.07, 6.45) is 2.95. The van der Waals surface area contributed by atoms with Crippen LogP contribution in [0, 0.1) is 0 Å². The third-order valence-electron chi connectivity index (χ3n) is 2.34. The maximum Gasteiger partial charge on any atom is 0.0518 e. The van der Waals surface area contributed by atoms with Crippen LogP contribution in [0.2, 0.25) is 0 Å². The summed E-state index contributed by atoms with van der Waals surface area (Å²) in [5.74, 6) is 0. The summed E-state index contributed by atoms with van der Waals surface area (Å²) < 4.78 is 5.47. The molecular weight excluding hydrogens is 138 g/mol. The van der Waals surface area contributed by atoms with Gasteiger partial charge in [-0.05, 0) is 40.3 Å². The van der Waals surface area contributed by atoms with Crippen LogP contribution in [0.15, 0.2) is 0 Å². The largest absolute Gasteiger partial charge is 0.379 e. The minimum Gasteiger partial charge on any atom is -0.379 e. The van der Waals surface area contributed by atoms with E-state index in [4.69, 9.17) is 4.74 Å². The summed E-state index contributed by atoms with van der Waals surface area (Å²) in [5.41, 5.74) is 0. The summed E-state index contributed by atoms with van der Waals surface area (Å²) >= 11 is 0. The molecule has 66 valence electrons. The number of likely N-dealkylation sites (tertiary alicyclic amines) is 1. The Morgan fingerprint density at radius 2 is 2.27 bits per heavy atom. The molecule has 1 aliphatic rings. The first kappa shape index (κ1) is 9.01. The maximum atomic E-state index is 5.47. The van der Waals surface area contributed by atoms with E-state index < -0.39 is 0 Å². The van der Waals surface area contributed by atoms with Crippen molar-refractivity contribution < 1.29 is 4.74 Å². The van der Waals surface area contributed by atoms with Gasteiger partial charge in [0.15, 0.2) is 0 Å². The van der Waals surface area contributed by atoms with Gasteiger partial charge in [-0.2, -0.15) is 0 Å². The second-order valence-corrected chi connectivity index (χ2v) is 3.63. The van der Waals surface area contributed by atoms with Crippen LogP contribution in [0.5, 0.6) is 0 Å². The van der Waals surface area contributed by atoms with Gasteiger partial charge in [-0.25, -0.2) is 0 Å². The summed E-state index contributed by atoms with van der Waals surface area (Å²) in [6.45, 7) is 6.37. The first-order chi connectivity index (χ1) is 5.20. The molecule has 1 atom stereocenters. The molecule has 0 aromatic rings. The number of hydrogen-bond acceptors (Lipinski definition) is 2. The SMILES string of the molecule is CC(C)OCCC1CCN1C. The molecule has 0 spiro atoms. The van der Waals surface area contributed by atoms with Crippen LogP contribution >= 0.6 is 0 Å². The Kier molecular flexibility index (Phi) is 3.34. The first-order valence-electron chi connectivity index (χ1n) is 4.52.